The largest absolute Gasteiger partial charge is 0.495 e. The number of ether oxygens (including phenoxy) is 1. The van der Waals surface area contributed by atoms with Gasteiger partial charge >= 0.3 is 0 Å². The molecule has 2 aromatic rings. The highest BCUT2D eigenvalue weighted by atomic mass is 35.5. The third kappa shape index (κ3) is 4.95. The predicted octanol–water partition coefficient (Wildman–Crippen LogP) is 3.86. The highest BCUT2D eigenvalue weighted by Crippen LogP contribution is 2.27. The number of benzene rings is 1. The van der Waals surface area contributed by atoms with E-state index in [0.717, 1.165) is 5.03 Å². The molecule has 0 aliphatic heterocycles. The topological polar surface area (TPSA) is 51.2 Å². The molecule has 1 heterocycles. The van der Waals surface area contributed by atoms with E-state index in [1.807, 2.05) is 18.2 Å². The van der Waals surface area contributed by atoms with Crippen LogP contribution < -0.4 is 10.1 Å². The van der Waals surface area contributed by atoms with Crippen LogP contribution >= 0.6 is 23.4 Å². The number of halogens is 1. The van der Waals surface area contributed by atoms with E-state index < -0.39 is 0 Å². The van der Waals surface area contributed by atoms with E-state index in [9.17, 15) is 4.79 Å². The number of rotatable bonds is 6. The van der Waals surface area contributed by atoms with Gasteiger partial charge in [-0.25, -0.2) is 4.98 Å². The van der Waals surface area contributed by atoms with Gasteiger partial charge in [-0.15, -0.1) is 11.8 Å². The predicted molar refractivity (Wildman–Crippen MR) is 86.2 cm³/mol. The van der Waals surface area contributed by atoms with E-state index in [1.54, 1.807) is 43.3 Å². The maximum Gasteiger partial charge on any atom is 0.225 e. The zero-order valence-corrected chi connectivity index (χ0v) is 13.1. The lowest BCUT2D eigenvalue weighted by Gasteiger charge is -2.08. The fraction of sp³-hybridized carbons (Fsp3) is 0.200. The van der Waals surface area contributed by atoms with Crippen LogP contribution in [0.5, 0.6) is 5.75 Å². The maximum absolute atomic E-state index is 11.8. The Morgan fingerprint density at radius 2 is 2.24 bits per heavy atom. The second-order valence-electron chi connectivity index (χ2n) is 4.16. The van der Waals surface area contributed by atoms with Crippen molar-refractivity contribution in [2.45, 2.75) is 11.4 Å². The van der Waals surface area contributed by atoms with E-state index >= 15 is 0 Å². The van der Waals surface area contributed by atoms with Gasteiger partial charge in [-0.3, -0.25) is 4.79 Å². The Kier molecular flexibility index (Phi) is 5.90. The molecule has 0 fully saturated rings. The SMILES string of the molecule is COc1ccc(NC(=O)CCSc2ccccn2)cc1Cl. The fourth-order valence-corrected chi connectivity index (χ4v) is 2.71. The molecule has 0 bridgehead atoms. The minimum absolute atomic E-state index is 0.0559. The number of methoxy groups -OCH3 is 1. The lowest BCUT2D eigenvalue weighted by atomic mass is 10.3. The average Bonchev–Trinajstić information content (AvgIpc) is 2.48. The highest BCUT2D eigenvalue weighted by molar-refractivity contribution is 7.99. The van der Waals surface area contributed by atoms with E-state index in [2.05, 4.69) is 10.3 Å². The summed E-state index contributed by atoms with van der Waals surface area (Å²) in [7, 11) is 1.55. The van der Waals surface area contributed by atoms with Crippen molar-refractivity contribution in [3.8, 4) is 5.75 Å². The molecule has 0 unspecified atom stereocenters. The third-order valence-corrected chi connectivity index (χ3v) is 3.89. The van der Waals surface area contributed by atoms with Gasteiger partial charge in [0.2, 0.25) is 5.91 Å². The molecule has 1 aromatic heterocycles. The molecule has 0 saturated heterocycles. The van der Waals surface area contributed by atoms with Crippen LogP contribution in [0.3, 0.4) is 0 Å². The summed E-state index contributed by atoms with van der Waals surface area (Å²) < 4.78 is 5.06. The average molecular weight is 323 g/mol. The number of aromatic nitrogens is 1. The van der Waals surface area contributed by atoms with Crippen LogP contribution in [0.1, 0.15) is 6.42 Å². The van der Waals surface area contributed by atoms with Gasteiger partial charge in [0.15, 0.2) is 0 Å². The van der Waals surface area contributed by atoms with E-state index in [0.29, 0.717) is 28.6 Å². The summed E-state index contributed by atoms with van der Waals surface area (Å²) in [5.41, 5.74) is 0.661. The van der Waals surface area contributed by atoms with Crippen molar-refractivity contribution in [2.24, 2.45) is 0 Å². The van der Waals surface area contributed by atoms with Crippen LogP contribution in [0.25, 0.3) is 0 Å². The molecule has 1 amide bonds. The molecule has 0 aliphatic rings. The minimum Gasteiger partial charge on any atom is -0.495 e. The summed E-state index contributed by atoms with van der Waals surface area (Å²) in [5.74, 6) is 1.20. The second-order valence-corrected chi connectivity index (χ2v) is 5.69. The smallest absolute Gasteiger partial charge is 0.225 e. The Bertz CT molecular complexity index is 608. The number of pyridine rings is 1. The number of carbonyl (C=O) groups excluding carboxylic acids is 1. The van der Waals surface area contributed by atoms with E-state index in [-0.39, 0.29) is 5.91 Å². The molecule has 0 saturated carbocycles. The van der Waals surface area contributed by atoms with Crippen molar-refractivity contribution in [2.75, 3.05) is 18.2 Å². The van der Waals surface area contributed by atoms with Gasteiger partial charge in [0.05, 0.1) is 17.2 Å². The molecule has 1 N–H and O–H groups in total. The quantitative estimate of drug-likeness (QED) is 0.820. The molecule has 6 heteroatoms. The molecular weight excluding hydrogens is 308 g/mol. The van der Waals surface area contributed by atoms with Crippen molar-refractivity contribution in [1.29, 1.82) is 0 Å². The van der Waals surface area contributed by atoms with Gasteiger partial charge in [-0.1, -0.05) is 17.7 Å². The van der Waals surface area contributed by atoms with Gasteiger partial charge in [-0.2, -0.15) is 0 Å². The zero-order valence-electron chi connectivity index (χ0n) is 11.5. The van der Waals surface area contributed by atoms with Crippen LogP contribution in [0.15, 0.2) is 47.6 Å². The van der Waals surface area contributed by atoms with Crippen LogP contribution in [0, 0.1) is 0 Å². The van der Waals surface area contributed by atoms with Crippen LogP contribution in [-0.2, 0) is 4.79 Å². The summed E-state index contributed by atoms with van der Waals surface area (Å²) >= 11 is 7.56. The van der Waals surface area contributed by atoms with Gasteiger partial charge in [0, 0.05) is 24.1 Å². The Hall–Kier alpha value is -1.72. The highest BCUT2D eigenvalue weighted by Gasteiger charge is 2.06. The van der Waals surface area contributed by atoms with Gasteiger partial charge in [0.25, 0.3) is 0 Å². The molecule has 2 rings (SSSR count). The van der Waals surface area contributed by atoms with Crippen LogP contribution in [-0.4, -0.2) is 23.8 Å². The first-order valence-corrected chi connectivity index (χ1v) is 7.72. The summed E-state index contributed by atoms with van der Waals surface area (Å²) in [6.07, 6.45) is 2.15. The van der Waals surface area contributed by atoms with Crippen molar-refractivity contribution >= 4 is 35.0 Å². The first kappa shape index (κ1) is 15.7. The Morgan fingerprint density at radius 3 is 2.90 bits per heavy atom. The Balaban J connectivity index is 1.80. The molecule has 0 atom stereocenters. The van der Waals surface area contributed by atoms with Gasteiger partial charge in [-0.05, 0) is 30.3 Å². The molecule has 1 aromatic carbocycles. The first-order chi connectivity index (χ1) is 10.2. The second kappa shape index (κ2) is 7.90. The number of hydrogen-bond acceptors (Lipinski definition) is 4. The monoisotopic (exact) mass is 322 g/mol. The summed E-state index contributed by atoms with van der Waals surface area (Å²) in [5, 5.41) is 4.19. The number of carbonyl (C=O) groups is 1. The summed E-state index contributed by atoms with van der Waals surface area (Å²) in [4.78, 5) is 16.0. The molecular formula is C15H15ClN2O2S. The number of anilines is 1. The van der Waals surface area contributed by atoms with Crippen molar-refractivity contribution < 1.29 is 9.53 Å². The summed E-state index contributed by atoms with van der Waals surface area (Å²) in [6, 6.07) is 10.9. The van der Waals surface area contributed by atoms with Crippen molar-refractivity contribution in [3.05, 3.63) is 47.6 Å². The number of nitrogens with one attached hydrogen (secondary N) is 1. The molecule has 21 heavy (non-hydrogen) atoms. The zero-order chi connectivity index (χ0) is 15.1. The molecule has 4 nitrogen and oxygen atoms in total. The van der Waals surface area contributed by atoms with Crippen LogP contribution in [0.2, 0.25) is 5.02 Å². The lowest BCUT2D eigenvalue weighted by Crippen LogP contribution is -2.12. The molecule has 110 valence electrons. The molecule has 0 aliphatic carbocycles. The standard InChI is InChI=1S/C15H15ClN2O2S/c1-20-13-6-5-11(10-12(13)16)18-14(19)7-9-21-15-4-2-3-8-17-15/h2-6,8,10H,7,9H2,1H3,(H,18,19). The number of amides is 1. The Labute approximate surface area is 132 Å². The van der Waals surface area contributed by atoms with Gasteiger partial charge < -0.3 is 10.1 Å². The number of nitrogens with zero attached hydrogens (tertiary/aromatic N) is 1. The van der Waals surface area contributed by atoms with E-state index in [1.165, 1.54) is 0 Å². The molecule has 0 radical (unpaired) electrons. The number of hydrogen-bond donors (Lipinski definition) is 1. The Morgan fingerprint density at radius 1 is 1.38 bits per heavy atom. The lowest BCUT2D eigenvalue weighted by molar-refractivity contribution is -0.115. The molecule has 0 spiro atoms. The van der Waals surface area contributed by atoms with Crippen molar-refractivity contribution in [1.82, 2.24) is 4.98 Å². The first-order valence-electron chi connectivity index (χ1n) is 6.36. The van der Waals surface area contributed by atoms with Crippen LogP contribution in [0.4, 0.5) is 5.69 Å². The number of thioether (sulfide) groups is 1. The fourth-order valence-electron chi connectivity index (χ4n) is 1.65. The summed E-state index contributed by atoms with van der Waals surface area (Å²) in [6.45, 7) is 0. The van der Waals surface area contributed by atoms with E-state index in [4.69, 9.17) is 16.3 Å². The maximum atomic E-state index is 11.8. The minimum atomic E-state index is -0.0559. The third-order valence-electron chi connectivity index (χ3n) is 2.65. The van der Waals surface area contributed by atoms with Gasteiger partial charge in [0.1, 0.15) is 5.75 Å². The van der Waals surface area contributed by atoms with Crippen molar-refractivity contribution in [3.63, 3.8) is 0 Å². The normalized spacial score (nSPS) is 10.2.